The Morgan fingerprint density at radius 2 is 2.21 bits per heavy atom. The van der Waals surface area contributed by atoms with E-state index in [0.717, 1.165) is 22.5 Å². The highest BCUT2D eigenvalue weighted by molar-refractivity contribution is 7.80. The molecule has 3 N–H and O–H groups in total. The van der Waals surface area contributed by atoms with Gasteiger partial charge in [0, 0.05) is 11.3 Å². The van der Waals surface area contributed by atoms with E-state index >= 15 is 0 Å². The summed E-state index contributed by atoms with van der Waals surface area (Å²) in [6.45, 7) is 9.47. The third kappa shape index (κ3) is 4.84. The Morgan fingerprint density at radius 3 is 2.74 bits per heavy atom. The van der Waals surface area contributed by atoms with Crippen LogP contribution in [-0.4, -0.2) is 14.5 Å². The Labute approximate surface area is 116 Å². The van der Waals surface area contributed by atoms with Crippen LogP contribution in [0.4, 0.5) is 5.69 Å². The second kappa shape index (κ2) is 7.06. The first-order chi connectivity index (χ1) is 8.93. The minimum Gasteiger partial charge on any atom is -0.289 e. The second-order valence-electron chi connectivity index (χ2n) is 4.20. The third-order valence-corrected chi connectivity index (χ3v) is 2.79. The molecular weight excluding hydrogens is 262 g/mol. The molecule has 6 heteroatoms. The first-order valence-electron chi connectivity index (χ1n) is 5.90. The Balaban J connectivity index is 3.20. The molecule has 0 bridgehead atoms. The molecule has 104 valence electrons. The summed E-state index contributed by atoms with van der Waals surface area (Å²) in [6.07, 6.45) is 0.691. The smallest absolute Gasteiger partial charge is 0.259 e. The standard InChI is InChI=1S/C13H19N3O2S/c1-5-12(15-14-9(2)3)11-8-10(4)6-7-13(11)16-19(17)18/h6-8,14,16H,2,5H2,1,3-4H3,(H,17,18)/b15-12+. The summed E-state index contributed by atoms with van der Waals surface area (Å²) in [5, 5.41) is 4.27. The van der Waals surface area contributed by atoms with Crippen LogP contribution in [-0.2, 0) is 11.3 Å². The summed E-state index contributed by atoms with van der Waals surface area (Å²) in [7, 11) is 0. The van der Waals surface area contributed by atoms with E-state index in [1.807, 2.05) is 32.9 Å². The average Bonchev–Trinajstić information content (AvgIpc) is 2.32. The minimum absolute atomic E-state index is 0.579. The quantitative estimate of drug-likeness (QED) is 0.426. The van der Waals surface area contributed by atoms with Crippen molar-refractivity contribution in [3.63, 3.8) is 0 Å². The fourth-order valence-electron chi connectivity index (χ4n) is 1.57. The fraction of sp³-hybridized carbons (Fsp3) is 0.308. The van der Waals surface area contributed by atoms with Gasteiger partial charge < -0.3 is 0 Å². The number of hydrogen-bond donors (Lipinski definition) is 3. The van der Waals surface area contributed by atoms with Crippen LogP contribution >= 0.6 is 0 Å². The summed E-state index contributed by atoms with van der Waals surface area (Å²) in [6, 6.07) is 5.57. The highest BCUT2D eigenvalue weighted by Crippen LogP contribution is 2.20. The van der Waals surface area contributed by atoms with Crippen LogP contribution in [0.5, 0.6) is 0 Å². The van der Waals surface area contributed by atoms with Crippen molar-refractivity contribution >= 4 is 22.7 Å². The first kappa shape index (κ1) is 15.4. The maximum Gasteiger partial charge on any atom is 0.259 e. The van der Waals surface area contributed by atoms with Crippen molar-refractivity contribution in [2.45, 2.75) is 27.2 Å². The molecule has 0 spiro atoms. The number of allylic oxidation sites excluding steroid dienone is 1. The summed E-state index contributed by atoms with van der Waals surface area (Å²) in [5.41, 5.74) is 6.79. The van der Waals surface area contributed by atoms with Gasteiger partial charge in [0.25, 0.3) is 11.3 Å². The lowest BCUT2D eigenvalue weighted by atomic mass is 10.0. The van der Waals surface area contributed by atoms with Crippen molar-refractivity contribution in [3.05, 3.63) is 41.6 Å². The number of benzene rings is 1. The Morgan fingerprint density at radius 1 is 1.53 bits per heavy atom. The minimum atomic E-state index is -2.11. The second-order valence-corrected chi connectivity index (χ2v) is 4.91. The van der Waals surface area contributed by atoms with E-state index in [-0.39, 0.29) is 0 Å². The molecule has 1 aromatic rings. The molecule has 0 aliphatic heterocycles. The summed E-state index contributed by atoms with van der Waals surface area (Å²) >= 11 is -2.11. The van der Waals surface area contributed by atoms with E-state index in [1.54, 1.807) is 6.07 Å². The van der Waals surface area contributed by atoms with Crippen molar-refractivity contribution in [1.29, 1.82) is 0 Å². The van der Waals surface area contributed by atoms with E-state index in [9.17, 15) is 4.21 Å². The lowest BCUT2D eigenvalue weighted by molar-refractivity contribution is 0.570. The van der Waals surface area contributed by atoms with Gasteiger partial charge in [0.2, 0.25) is 0 Å². The zero-order valence-corrected chi connectivity index (χ0v) is 12.2. The SMILES string of the molecule is C=C(C)N/N=C(\CC)c1cc(C)ccc1NS(=O)O. The van der Waals surface area contributed by atoms with E-state index in [1.165, 1.54) is 0 Å². The first-order valence-corrected chi connectivity index (χ1v) is 7.01. The molecular formula is C13H19N3O2S. The van der Waals surface area contributed by atoms with Crippen molar-refractivity contribution in [3.8, 4) is 0 Å². The van der Waals surface area contributed by atoms with Gasteiger partial charge in [-0.05, 0) is 32.4 Å². The van der Waals surface area contributed by atoms with E-state index in [4.69, 9.17) is 4.55 Å². The maximum atomic E-state index is 10.9. The predicted octanol–water partition coefficient (Wildman–Crippen LogP) is 2.78. The largest absolute Gasteiger partial charge is 0.289 e. The van der Waals surface area contributed by atoms with Gasteiger partial charge >= 0.3 is 0 Å². The van der Waals surface area contributed by atoms with Gasteiger partial charge in [0.1, 0.15) is 0 Å². The highest BCUT2D eigenvalue weighted by atomic mass is 32.2. The van der Waals surface area contributed by atoms with Gasteiger partial charge in [-0.1, -0.05) is 25.1 Å². The van der Waals surface area contributed by atoms with E-state index in [2.05, 4.69) is 21.8 Å². The van der Waals surface area contributed by atoms with Crippen LogP contribution < -0.4 is 10.1 Å². The lowest BCUT2D eigenvalue weighted by Crippen LogP contribution is -2.12. The zero-order chi connectivity index (χ0) is 14.4. The fourth-order valence-corrected chi connectivity index (χ4v) is 1.94. The van der Waals surface area contributed by atoms with Crippen molar-refractivity contribution in [2.75, 3.05) is 4.72 Å². The van der Waals surface area contributed by atoms with Gasteiger partial charge in [0.15, 0.2) is 0 Å². The van der Waals surface area contributed by atoms with Crippen LogP contribution in [0.3, 0.4) is 0 Å². The van der Waals surface area contributed by atoms with Gasteiger partial charge in [-0.2, -0.15) is 5.10 Å². The topological polar surface area (TPSA) is 73.7 Å². The monoisotopic (exact) mass is 281 g/mol. The Bertz CT molecular complexity index is 527. The summed E-state index contributed by atoms with van der Waals surface area (Å²) in [5.74, 6) is 0. The van der Waals surface area contributed by atoms with Gasteiger partial charge in [-0.3, -0.25) is 14.7 Å². The molecule has 1 atom stereocenters. The molecule has 0 saturated carbocycles. The number of aryl methyl sites for hydroxylation is 1. The number of hydrazone groups is 1. The number of rotatable bonds is 6. The van der Waals surface area contributed by atoms with Crippen LogP contribution in [0, 0.1) is 6.92 Å². The van der Waals surface area contributed by atoms with Crippen LogP contribution in [0.1, 0.15) is 31.4 Å². The maximum absolute atomic E-state index is 10.9. The molecule has 0 fully saturated rings. The number of hydrogen-bond acceptors (Lipinski definition) is 3. The number of anilines is 1. The molecule has 0 heterocycles. The molecule has 0 amide bonds. The average molecular weight is 281 g/mol. The van der Waals surface area contributed by atoms with E-state index in [0.29, 0.717) is 12.1 Å². The molecule has 0 saturated heterocycles. The molecule has 1 aromatic carbocycles. The number of nitrogens with zero attached hydrogens (tertiary/aromatic N) is 1. The third-order valence-electron chi connectivity index (χ3n) is 2.40. The van der Waals surface area contributed by atoms with Crippen molar-refractivity contribution < 1.29 is 8.76 Å². The highest BCUT2D eigenvalue weighted by Gasteiger charge is 2.10. The predicted molar refractivity (Wildman–Crippen MR) is 80.4 cm³/mol. The normalized spacial score (nSPS) is 12.9. The molecule has 0 aromatic heterocycles. The summed E-state index contributed by atoms with van der Waals surface area (Å²) < 4.78 is 22.4. The molecule has 1 unspecified atom stereocenters. The molecule has 0 radical (unpaired) electrons. The number of nitrogens with one attached hydrogen (secondary N) is 2. The summed E-state index contributed by atoms with van der Waals surface area (Å²) in [4.78, 5) is 0. The molecule has 1 rings (SSSR count). The Hall–Kier alpha value is -1.66. The molecule has 0 aliphatic carbocycles. The molecule has 19 heavy (non-hydrogen) atoms. The van der Waals surface area contributed by atoms with Gasteiger partial charge in [-0.15, -0.1) is 0 Å². The van der Waals surface area contributed by atoms with Crippen LogP contribution in [0.2, 0.25) is 0 Å². The van der Waals surface area contributed by atoms with Gasteiger partial charge in [0.05, 0.1) is 11.4 Å². The molecule has 0 aliphatic rings. The van der Waals surface area contributed by atoms with Crippen molar-refractivity contribution in [1.82, 2.24) is 5.43 Å². The van der Waals surface area contributed by atoms with Crippen molar-refractivity contribution in [2.24, 2.45) is 5.10 Å². The Kier molecular flexibility index (Phi) is 5.72. The van der Waals surface area contributed by atoms with Gasteiger partial charge in [-0.25, -0.2) is 4.21 Å². The lowest BCUT2D eigenvalue weighted by Gasteiger charge is -2.12. The van der Waals surface area contributed by atoms with Crippen LogP contribution in [0.25, 0.3) is 0 Å². The molecule has 5 nitrogen and oxygen atoms in total. The van der Waals surface area contributed by atoms with Crippen LogP contribution in [0.15, 0.2) is 35.6 Å². The van der Waals surface area contributed by atoms with E-state index < -0.39 is 11.3 Å². The zero-order valence-electron chi connectivity index (χ0n) is 11.4.